The second-order valence-electron chi connectivity index (χ2n) is 7.57. The van der Waals surface area contributed by atoms with Crippen molar-refractivity contribution in [2.24, 2.45) is 0 Å². The first-order valence-corrected chi connectivity index (χ1v) is 12.4. The summed E-state index contributed by atoms with van der Waals surface area (Å²) in [5, 5.41) is 3.06. The van der Waals surface area contributed by atoms with Crippen LogP contribution in [0.1, 0.15) is 11.1 Å². The van der Waals surface area contributed by atoms with E-state index in [2.05, 4.69) is 16.3 Å². The zero-order valence-electron chi connectivity index (χ0n) is 18.2. The van der Waals surface area contributed by atoms with Gasteiger partial charge in [-0.05, 0) is 29.3 Å². The molecule has 0 atom stereocenters. The Kier molecular flexibility index (Phi) is 8.36. The summed E-state index contributed by atoms with van der Waals surface area (Å²) in [5.74, 6) is 0.00577. The summed E-state index contributed by atoms with van der Waals surface area (Å²) in [5.41, 5.74) is 2.40. The number of anilines is 1. The average molecular weight is 482 g/mol. The molecule has 2 aromatic carbocycles. The first-order valence-electron chi connectivity index (χ1n) is 10.2. The van der Waals surface area contributed by atoms with E-state index in [-0.39, 0.29) is 11.6 Å². The standard InChI is InChI=1S/C22H28ClN3O5S/c1-30-21-7-6-19(13-20(21)23)26(32(2,28)29)16-22(27)24-14-17-4-3-5-18(12-17)15-25-8-10-31-11-9-25/h3-7,12-13H,8-11,14-16H2,1-2H3,(H,24,27). The maximum absolute atomic E-state index is 12.6. The quantitative estimate of drug-likeness (QED) is 0.591. The molecule has 0 aromatic heterocycles. The van der Waals surface area contributed by atoms with Crippen LogP contribution in [0, 0.1) is 0 Å². The van der Waals surface area contributed by atoms with E-state index in [1.165, 1.54) is 13.2 Å². The van der Waals surface area contributed by atoms with Crippen LogP contribution in [-0.2, 0) is 32.6 Å². The third-order valence-corrected chi connectivity index (χ3v) is 6.54. The van der Waals surface area contributed by atoms with Crippen molar-refractivity contribution in [2.45, 2.75) is 13.1 Å². The van der Waals surface area contributed by atoms with Gasteiger partial charge in [0.15, 0.2) is 0 Å². The lowest BCUT2D eigenvalue weighted by molar-refractivity contribution is -0.119. The Morgan fingerprint density at radius 1 is 1.19 bits per heavy atom. The molecule has 3 rings (SSSR count). The molecule has 32 heavy (non-hydrogen) atoms. The van der Waals surface area contributed by atoms with Gasteiger partial charge in [-0.15, -0.1) is 0 Å². The first-order chi connectivity index (χ1) is 15.3. The maximum Gasteiger partial charge on any atom is 0.241 e. The number of amides is 1. The van der Waals surface area contributed by atoms with Crippen molar-refractivity contribution < 1.29 is 22.7 Å². The molecule has 0 radical (unpaired) electrons. The van der Waals surface area contributed by atoms with Crippen molar-refractivity contribution in [1.82, 2.24) is 10.2 Å². The van der Waals surface area contributed by atoms with Crippen LogP contribution < -0.4 is 14.4 Å². The molecule has 1 fully saturated rings. The van der Waals surface area contributed by atoms with Gasteiger partial charge in [-0.3, -0.25) is 14.0 Å². The molecule has 0 spiro atoms. The van der Waals surface area contributed by atoms with E-state index < -0.39 is 15.9 Å². The minimum absolute atomic E-state index is 0.260. The van der Waals surface area contributed by atoms with Crippen LogP contribution >= 0.6 is 11.6 Å². The van der Waals surface area contributed by atoms with E-state index in [0.717, 1.165) is 54.5 Å². The molecule has 0 aliphatic carbocycles. The van der Waals surface area contributed by atoms with Crippen molar-refractivity contribution in [2.75, 3.05) is 50.5 Å². The second kappa shape index (κ2) is 11.0. The predicted octanol–water partition coefficient (Wildman–Crippen LogP) is 2.26. The Morgan fingerprint density at radius 2 is 1.91 bits per heavy atom. The number of nitrogens with one attached hydrogen (secondary N) is 1. The van der Waals surface area contributed by atoms with Crippen LogP contribution in [0.25, 0.3) is 0 Å². The molecular weight excluding hydrogens is 454 g/mol. The number of morpholine rings is 1. The van der Waals surface area contributed by atoms with Crippen molar-refractivity contribution in [1.29, 1.82) is 0 Å². The van der Waals surface area contributed by atoms with E-state index in [1.807, 2.05) is 18.2 Å². The molecule has 2 aromatic rings. The summed E-state index contributed by atoms with van der Waals surface area (Å²) in [7, 11) is -2.23. The number of halogens is 1. The van der Waals surface area contributed by atoms with E-state index in [0.29, 0.717) is 18.0 Å². The summed E-state index contributed by atoms with van der Waals surface area (Å²) in [6.45, 7) is 4.06. The molecule has 1 heterocycles. The highest BCUT2D eigenvalue weighted by atomic mass is 35.5. The van der Waals surface area contributed by atoms with Crippen LogP contribution in [0.5, 0.6) is 5.75 Å². The lowest BCUT2D eigenvalue weighted by atomic mass is 10.1. The molecule has 1 saturated heterocycles. The summed E-state index contributed by atoms with van der Waals surface area (Å²) in [6, 6.07) is 12.6. The van der Waals surface area contributed by atoms with Crippen molar-refractivity contribution in [3.8, 4) is 5.75 Å². The fourth-order valence-corrected chi connectivity index (χ4v) is 4.55. The van der Waals surface area contributed by atoms with Crippen LogP contribution in [0.4, 0.5) is 5.69 Å². The SMILES string of the molecule is COc1ccc(N(CC(=O)NCc2cccc(CN3CCOCC3)c2)S(C)(=O)=O)cc1Cl. The van der Waals surface area contributed by atoms with Crippen molar-refractivity contribution >= 4 is 33.2 Å². The number of rotatable bonds is 9. The molecule has 0 unspecified atom stereocenters. The van der Waals surface area contributed by atoms with Gasteiger partial charge < -0.3 is 14.8 Å². The number of benzene rings is 2. The van der Waals surface area contributed by atoms with Gasteiger partial charge in [0.25, 0.3) is 0 Å². The van der Waals surface area contributed by atoms with Gasteiger partial charge in [-0.1, -0.05) is 35.9 Å². The van der Waals surface area contributed by atoms with Crippen LogP contribution in [0.3, 0.4) is 0 Å². The minimum atomic E-state index is -3.70. The third-order valence-electron chi connectivity index (χ3n) is 5.10. The van der Waals surface area contributed by atoms with Crippen molar-refractivity contribution in [3.05, 3.63) is 58.6 Å². The highest BCUT2D eigenvalue weighted by Crippen LogP contribution is 2.30. The maximum atomic E-state index is 12.6. The third kappa shape index (κ3) is 6.83. The largest absolute Gasteiger partial charge is 0.495 e. The van der Waals surface area contributed by atoms with Crippen LogP contribution in [-0.4, -0.2) is 65.4 Å². The summed E-state index contributed by atoms with van der Waals surface area (Å²) in [6.07, 6.45) is 1.05. The monoisotopic (exact) mass is 481 g/mol. The number of ether oxygens (including phenoxy) is 2. The Balaban J connectivity index is 1.62. The molecule has 1 amide bonds. The van der Waals surface area contributed by atoms with E-state index in [9.17, 15) is 13.2 Å². The first kappa shape index (κ1) is 24.3. The molecule has 10 heteroatoms. The van der Waals surface area contributed by atoms with E-state index in [1.54, 1.807) is 12.1 Å². The summed E-state index contributed by atoms with van der Waals surface area (Å²) in [4.78, 5) is 14.9. The smallest absolute Gasteiger partial charge is 0.241 e. The molecule has 0 saturated carbocycles. The summed E-state index contributed by atoms with van der Waals surface area (Å²) < 4.78 is 36.1. The van der Waals surface area contributed by atoms with Crippen molar-refractivity contribution in [3.63, 3.8) is 0 Å². The number of sulfonamides is 1. The fourth-order valence-electron chi connectivity index (χ4n) is 3.45. The number of carbonyl (C=O) groups excluding carboxylic acids is 1. The van der Waals surface area contributed by atoms with Gasteiger partial charge in [0.2, 0.25) is 15.9 Å². The number of hydrogen-bond donors (Lipinski definition) is 1. The fraction of sp³-hybridized carbons (Fsp3) is 0.409. The van der Waals surface area contributed by atoms with Gasteiger partial charge in [0.1, 0.15) is 12.3 Å². The van der Waals surface area contributed by atoms with Crippen LogP contribution in [0.2, 0.25) is 5.02 Å². The number of carbonyl (C=O) groups is 1. The highest BCUT2D eigenvalue weighted by molar-refractivity contribution is 7.92. The van der Waals surface area contributed by atoms with Gasteiger partial charge >= 0.3 is 0 Å². The molecule has 1 N–H and O–H groups in total. The van der Waals surface area contributed by atoms with E-state index in [4.69, 9.17) is 21.1 Å². The Hall–Kier alpha value is -2.33. The minimum Gasteiger partial charge on any atom is -0.495 e. The molecule has 0 bridgehead atoms. The van der Waals surface area contributed by atoms with Gasteiger partial charge in [0, 0.05) is 26.2 Å². The molecule has 8 nitrogen and oxygen atoms in total. The molecular formula is C22H28ClN3O5S. The second-order valence-corrected chi connectivity index (χ2v) is 9.89. The van der Waals surface area contributed by atoms with Gasteiger partial charge in [-0.25, -0.2) is 8.42 Å². The lowest BCUT2D eigenvalue weighted by Crippen LogP contribution is -2.40. The molecule has 1 aliphatic heterocycles. The molecule has 174 valence electrons. The number of nitrogens with zero attached hydrogens (tertiary/aromatic N) is 2. The topological polar surface area (TPSA) is 88.2 Å². The Morgan fingerprint density at radius 3 is 2.56 bits per heavy atom. The van der Waals surface area contributed by atoms with Crippen LogP contribution in [0.15, 0.2) is 42.5 Å². The van der Waals surface area contributed by atoms with Gasteiger partial charge in [0.05, 0.1) is 37.3 Å². The Labute approximate surface area is 194 Å². The predicted molar refractivity (Wildman–Crippen MR) is 125 cm³/mol. The summed E-state index contributed by atoms with van der Waals surface area (Å²) >= 11 is 6.13. The molecule has 1 aliphatic rings. The normalized spacial score (nSPS) is 14.7. The highest BCUT2D eigenvalue weighted by Gasteiger charge is 2.22. The average Bonchev–Trinajstić information content (AvgIpc) is 2.76. The number of hydrogen-bond acceptors (Lipinski definition) is 6. The lowest BCUT2D eigenvalue weighted by Gasteiger charge is -2.26. The zero-order valence-corrected chi connectivity index (χ0v) is 19.8. The number of methoxy groups -OCH3 is 1. The van der Waals surface area contributed by atoms with E-state index >= 15 is 0 Å². The van der Waals surface area contributed by atoms with Gasteiger partial charge in [-0.2, -0.15) is 0 Å². The Bertz CT molecular complexity index is 1040. The zero-order chi connectivity index (χ0) is 23.1.